The molecule has 0 saturated heterocycles. The minimum atomic E-state index is -0.440. The Morgan fingerprint density at radius 3 is 2.62 bits per heavy atom. The number of nitrogens with zero attached hydrogens (tertiary/aromatic N) is 2. The lowest BCUT2D eigenvalue weighted by Crippen LogP contribution is -2.32. The minimum Gasteiger partial charge on any atom is -0.341 e. The zero-order chi connectivity index (χ0) is 15.2. The minimum absolute atomic E-state index is 0.160. The average molecular weight is 309 g/mol. The molecule has 3 amide bonds. The Labute approximate surface area is 123 Å². The summed E-state index contributed by atoms with van der Waals surface area (Å²) in [5.41, 5.74) is 0.460. The molecule has 1 heterocycles. The smallest absolute Gasteiger partial charge is 0.314 e. The molecule has 0 aliphatic carbocycles. The molecule has 0 fully saturated rings. The van der Waals surface area contributed by atoms with Crippen LogP contribution in [0, 0.1) is 5.82 Å². The average Bonchev–Trinajstić information content (AvgIpc) is 2.96. The van der Waals surface area contributed by atoms with Crippen molar-refractivity contribution in [3.63, 3.8) is 0 Å². The third-order valence-corrected chi connectivity index (χ3v) is 3.31. The first-order chi connectivity index (χ1) is 10.1. The number of aromatic nitrogens is 2. The van der Waals surface area contributed by atoms with Crippen molar-refractivity contribution in [2.45, 2.75) is 6.54 Å². The van der Waals surface area contributed by atoms with E-state index in [-0.39, 0.29) is 23.4 Å². The van der Waals surface area contributed by atoms with Crippen LogP contribution in [0.25, 0.3) is 0 Å². The lowest BCUT2D eigenvalue weighted by molar-refractivity contribution is 0.102. The molecular formula is C12H12FN5O2S. The second kappa shape index (κ2) is 6.75. The van der Waals surface area contributed by atoms with Crippen LogP contribution in [0.3, 0.4) is 0 Å². The maximum atomic E-state index is 12.8. The number of urea groups is 1. The summed E-state index contributed by atoms with van der Waals surface area (Å²) >= 11 is 1.07. The summed E-state index contributed by atoms with van der Waals surface area (Å²) in [7, 11) is 1.50. The van der Waals surface area contributed by atoms with Crippen LogP contribution in [0.5, 0.6) is 0 Å². The Kier molecular flexibility index (Phi) is 4.77. The van der Waals surface area contributed by atoms with Crippen LogP contribution in [0.15, 0.2) is 24.3 Å². The molecule has 2 rings (SSSR count). The SMILES string of the molecule is CNC(=O)NCc1nnc(C(=O)Nc2ccc(F)cc2)s1. The maximum absolute atomic E-state index is 12.8. The molecule has 1 aromatic heterocycles. The van der Waals surface area contributed by atoms with Crippen LogP contribution in [0.2, 0.25) is 0 Å². The van der Waals surface area contributed by atoms with Gasteiger partial charge in [0.05, 0.1) is 6.54 Å². The van der Waals surface area contributed by atoms with E-state index in [2.05, 4.69) is 26.1 Å². The van der Waals surface area contributed by atoms with Crippen molar-refractivity contribution < 1.29 is 14.0 Å². The highest BCUT2D eigenvalue weighted by atomic mass is 32.1. The number of carbonyl (C=O) groups excluding carboxylic acids is 2. The van der Waals surface area contributed by atoms with Crippen molar-refractivity contribution in [3.05, 3.63) is 40.1 Å². The van der Waals surface area contributed by atoms with Gasteiger partial charge in [0.25, 0.3) is 5.91 Å². The molecule has 0 unspecified atom stereocenters. The molecule has 0 saturated carbocycles. The molecule has 7 nitrogen and oxygen atoms in total. The van der Waals surface area contributed by atoms with Gasteiger partial charge in [0.2, 0.25) is 5.01 Å². The molecular weight excluding hydrogens is 297 g/mol. The number of carbonyl (C=O) groups is 2. The van der Waals surface area contributed by atoms with Crippen molar-refractivity contribution in [1.82, 2.24) is 20.8 Å². The summed E-state index contributed by atoms with van der Waals surface area (Å²) in [6.45, 7) is 0.182. The molecule has 0 aliphatic heterocycles. The summed E-state index contributed by atoms with van der Waals surface area (Å²) in [5.74, 6) is -0.822. The molecule has 0 aliphatic rings. The molecule has 1 aromatic carbocycles. The molecule has 3 N–H and O–H groups in total. The van der Waals surface area contributed by atoms with Crippen molar-refractivity contribution >= 4 is 29.0 Å². The number of hydrogen-bond donors (Lipinski definition) is 3. The van der Waals surface area contributed by atoms with Gasteiger partial charge in [0.15, 0.2) is 0 Å². The highest BCUT2D eigenvalue weighted by Crippen LogP contribution is 2.13. The first-order valence-corrected chi connectivity index (χ1v) is 6.75. The van der Waals surface area contributed by atoms with Gasteiger partial charge in [-0.3, -0.25) is 4.79 Å². The van der Waals surface area contributed by atoms with Gasteiger partial charge in [-0.2, -0.15) is 0 Å². The van der Waals surface area contributed by atoms with Gasteiger partial charge in [0.1, 0.15) is 10.8 Å². The number of hydrogen-bond acceptors (Lipinski definition) is 5. The highest BCUT2D eigenvalue weighted by Gasteiger charge is 2.13. The van der Waals surface area contributed by atoms with Crippen LogP contribution in [0.4, 0.5) is 14.9 Å². The van der Waals surface area contributed by atoms with Crippen LogP contribution >= 0.6 is 11.3 Å². The fourth-order valence-corrected chi connectivity index (χ4v) is 2.05. The number of rotatable bonds is 4. The normalized spacial score (nSPS) is 10.0. The molecule has 0 spiro atoms. The van der Waals surface area contributed by atoms with Crippen molar-refractivity contribution in [2.75, 3.05) is 12.4 Å². The van der Waals surface area contributed by atoms with Gasteiger partial charge < -0.3 is 16.0 Å². The first kappa shape index (κ1) is 14.9. The number of benzene rings is 1. The number of nitrogens with one attached hydrogen (secondary N) is 3. The monoisotopic (exact) mass is 309 g/mol. The number of anilines is 1. The summed E-state index contributed by atoms with van der Waals surface area (Å²) in [6.07, 6.45) is 0. The Bertz CT molecular complexity index is 643. The lowest BCUT2D eigenvalue weighted by atomic mass is 10.3. The predicted molar refractivity (Wildman–Crippen MR) is 75.6 cm³/mol. The highest BCUT2D eigenvalue weighted by molar-refractivity contribution is 7.13. The molecule has 2 aromatic rings. The van der Waals surface area contributed by atoms with E-state index < -0.39 is 5.91 Å². The standard InChI is InChI=1S/C12H12FN5O2S/c1-14-12(20)15-6-9-17-18-11(21-9)10(19)16-8-4-2-7(13)3-5-8/h2-5H,6H2,1H3,(H,16,19)(H2,14,15,20). The molecule has 21 heavy (non-hydrogen) atoms. The Morgan fingerprint density at radius 2 is 1.95 bits per heavy atom. The zero-order valence-corrected chi connectivity index (χ0v) is 11.8. The molecule has 9 heteroatoms. The fraction of sp³-hybridized carbons (Fsp3) is 0.167. The van der Waals surface area contributed by atoms with E-state index in [1.54, 1.807) is 0 Å². The second-order valence-electron chi connectivity index (χ2n) is 3.89. The van der Waals surface area contributed by atoms with E-state index in [1.165, 1.54) is 31.3 Å². The molecule has 110 valence electrons. The third kappa shape index (κ3) is 4.21. The van der Waals surface area contributed by atoms with Crippen molar-refractivity contribution in [2.24, 2.45) is 0 Å². The van der Waals surface area contributed by atoms with Crippen LogP contribution in [-0.2, 0) is 6.54 Å². The maximum Gasteiger partial charge on any atom is 0.314 e. The Morgan fingerprint density at radius 1 is 1.24 bits per heavy atom. The predicted octanol–water partition coefficient (Wildman–Crippen LogP) is 1.36. The largest absolute Gasteiger partial charge is 0.341 e. The van der Waals surface area contributed by atoms with Crippen LogP contribution in [0.1, 0.15) is 14.8 Å². The number of amides is 3. The Hall–Kier alpha value is -2.55. The zero-order valence-electron chi connectivity index (χ0n) is 11.0. The third-order valence-electron chi connectivity index (χ3n) is 2.39. The van der Waals surface area contributed by atoms with Crippen LogP contribution < -0.4 is 16.0 Å². The topological polar surface area (TPSA) is 96.0 Å². The quantitative estimate of drug-likeness (QED) is 0.794. The number of halogens is 1. The summed E-state index contributed by atoms with van der Waals surface area (Å²) in [6, 6.07) is 5.04. The van der Waals surface area contributed by atoms with Gasteiger partial charge in [-0.25, -0.2) is 9.18 Å². The van der Waals surface area contributed by atoms with Crippen molar-refractivity contribution in [3.8, 4) is 0 Å². The van der Waals surface area contributed by atoms with E-state index in [4.69, 9.17) is 0 Å². The van der Waals surface area contributed by atoms with E-state index in [0.29, 0.717) is 10.7 Å². The van der Waals surface area contributed by atoms with Gasteiger partial charge in [0, 0.05) is 12.7 Å². The molecule has 0 atom stereocenters. The van der Waals surface area contributed by atoms with E-state index in [0.717, 1.165) is 11.3 Å². The summed E-state index contributed by atoms with van der Waals surface area (Å²) in [5, 5.41) is 15.7. The van der Waals surface area contributed by atoms with Crippen LogP contribution in [-0.4, -0.2) is 29.2 Å². The first-order valence-electron chi connectivity index (χ1n) is 5.93. The van der Waals surface area contributed by atoms with Gasteiger partial charge >= 0.3 is 6.03 Å². The van der Waals surface area contributed by atoms with Gasteiger partial charge in [-0.1, -0.05) is 11.3 Å². The lowest BCUT2D eigenvalue weighted by Gasteiger charge is -2.01. The molecule has 0 bridgehead atoms. The Balaban J connectivity index is 1.95. The second-order valence-corrected chi connectivity index (χ2v) is 4.96. The van der Waals surface area contributed by atoms with E-state index >= 15 is 0 Å². The van der Waals surface area contributed by atoms with E-state index in [9.17, 15) is 14.0 Å². The summed E-state index contributed by atoms with van der Waals surface area (Å²) in [4.78, 5) is 22.9. The van der Waals surface area contributed by atoms with Gasteiger partial charge in [-0.05, 0) is 24.3 Å². The fourth-order valence-electron chi connectivity index (χ4n) is 1.38. The molecule has 0 radical (unpaired) electrons. The van der Waals surface area contributed by atoms with Crippen molar-refractivity contribution in [1.29, 1.82) is 0 Å². The van der Waals surface area contributed by atoms with Gasteiger partial charge in [-0.15, -0.1) is 10.2 Å². The summed E-state index contributed by atoms with van der Waals surface area (Å²) < 4.78 is 12.8. The van der Waals surface area contributed by atoms with E-state index in [1.807, 2.05) is 0 Å².